The molecule has 7 heteroatoms. The number of amides is 1. The second-order valence-electron chi connectivity index (χ2n) is 3.99. The molecule has 0 aromatic heterocycles. The van der Waals surface area contributed by atoms with Gasteiger partial charge in [0.15, 0.2) is 6.10 Å². The Labute approximate surface area is 118 Å². The zero-order valence-corrected chi connectivity index (χ0v) is 11.6. The Morgan fingerprint density at radius 1 is 1.58 bits per heavy atom. The van der Waals surface area contributed by atoms with Crippen molar-refractivity contribution in [1.82, 2.24) is 5.32 Å². The second-order valence-corrected chi connectivity index (χ2v) is 4.84. The maximum absolute atomic E-state index is 10.3. The fourth-order valence-electron chi connectivity index (χ4n) is 1.60. The highest BCUT2D eigenvalue weighted by molar-refractivity contribution is 9.10. The molecule has 2 N–H and O–H groups in total. The fraction of sp³-hybridized carbons (Fsp3) is 0.333. The quantitative estimate of drug-likeness (QED) is 0.868. The third-order valence-electron chi connectivity index (χ3n) is 2.50. The molecular weight excluding hydrogens is 316 g/mol. The Hall–Kier alpha value is -1.76. The summed E-state index contributed by atoms with van der Waals surface area (Å²) >= 11 is 3.39. The number of halogens is 1. The van der Waals surface area contributed by atoms with Gasteiger partial charge >= 0.3 is 6.09 Å². The van der Waals surface area contributed by atoms with Gasteiger partial charge in [-0.25, -0.2) is 4.79 Å². The van der Waals surface area contributed by atoms with E-state index in [-0.39, 0.29) is 12.6 Å². The monoisotopic (exact) mass is 328 g/mol. The molecule has 0 spiro atoms. The van der Waals surface area contributed by atoms with E-state index in [4.69, 9.17) is 14.7 Å². The van der Waals surface area contributed by atoms with Crippen molar-refractivity contribution in [2.75, 3.05) is 13.2 Å². The molecule has 0 saturated heterocycles. The van der Waals surface area contributed by atoms with Crippen molar-refractivity contribution in [3.05, 3.63) is 28.7 Å². The van der Waals surface area contributed by atoms with Crippen LogP contribution in [0.2, 0.25) is 0 Å². The van der Waals surface area contributed by atoms with E-state index in [0.717, 1.165) is 10.2 Å². The molecule has 1 aliphatic heterocycles. The molecule has 1 atom stereocenters. The lowest BCUT2D eigenvalue weighted by Crippen LogP contribution is -2.28. The summed E-state index contributed by atoms with van der Waals surface area (Å²) in [6, 6.07) is 7.53. The van der Waals surface area contributed by atoms with E-state index in [1.165, 1.54) is 0 Å². The van der Waals surface area contributed by atoms with E-state index in [0.29, 0.717) is 18.7 Å². The topological polar surface area (TPSA) is 80.2 Å². The predicted molar refractivity (Wildman–Crippen MR) is 72.6 cm³/mol. The summed E-state index contributed by atoms with van der Waals surface area (Å²) < 4.78 is 6.49. The van der Waals surface area contributed by atoms with Crippen molar-refractivity contribution in [3.8, 4) is 5.75 Å². The number of carbonyl (C=O) groups is 1. The maximum atomic E-state index is 10.3. The molecule has 6 nitrogen and oxygen atoms in total. The first-order chi connectivity index (χ1) is 9.15. The predicted octanol–water partition coefficient (Wildman–Crippen LogP) is 2.24. The van der Waals surface area contributed by atoms with Gasteiger partial charge in [-0.1, -0.05) is 17.3 Å². The van der Waals surface area contributed by atoms with Gasteiger partial charge in [0.25, 0.3) is 0 Å². The van der Waals surface area contributed by atoms with Gasteiger partial charge in [-0.2, -0.15) is 0 Å². The van der Waals surface area contributed by atoms with Crippen LogP contribution in [0.5, 0.6) is 5.75 Å². The summed E-state index contributed by atoms with van der Waals surface area (Å²) in [5.41, 5.74) is 0.670. The molecule has 0 radical (unpaired) electrons. The lowest BCUT2D eigenvalue weighted by Gasteiger charge is -2.11. The average molecular weight is 329 g/mol. The van der Waals surface area contributed by atoms with E-state index in [2.05, 4.69) is 26.4 Å². The number of nitrogens with one attached hydrogen (secondary N) is 1. The van der Waals surface area contributed by atoms with Crippen LogP contribution in [0.4, 0.5) is 4.79 Å². The average Bonchev–Trinajstić information content (AvgIpc) is 2.83. The molecule has 1 aromatic rings. The number of hydrogen-bond donors (Lipinski definition) is 2. The van der Waals surface area contributed by atoms with Gasteiger partial charge in [0.2, 0.25) is 0 Å². The summed E-state index contributed by atoms with van der Waals surface area (Å²) in [6.45, 7) is 0.545. The van der Waals surface area contributed by atoms with Crippen molar-refractivity contribution >= 4 is 27.7 Å². The summed E-state index contributed by atoms with van der Waals surface area (Å²) in [4.78, 5) is 15.5. The van der Waals surface area contributed by atoms with Crippen LogP contribution in [0.1, 0.15) is 6.42 Å². The lowest BCUT2D eigenvalue weighted by atomic mass is 10.2. The third-order valence-corrected chi connectivity index (χ3v) is 3.15. The lowest BCUT2D eigenvalue weighted by molar-refractivity contribution is 0.0468. The van der Waals surface area contributed by atoms with Crippen LogP contribution in [-0.4, -0.2) is 36.2 Å². The number of ether oxygens (including phenoxy) is 1. The molecule has 1 unspecified atom stereocenters. The van der Waals surface area contributed by atoms with Gasteiger partial charge in [0.05, 0.1) is 16.7 Å². The smallest absolute Gasteiger partial charge is 0.404 e. The number of rotatable bonds is 5. The van der Waals surface area contributed by atoms with Crippen molar-refractivity contribution in [2.45, 2.75) is 12.5 Å². The number of carboxylic acid groups (broad SMARTS) is 1. The molecule has 102 valence electrons. The fourth-order valence-corrected chi connectivity index (χ4v) is 2.00. The highest BCUT2D eigenvalue weighted by Crippen LogP contribution is 2.24. The molecule has 0 fully saturated rings. The van der Waals surface area contributed by atoms with Crippen molar-refractivity contribution in [1.29, 1.82) is 0 Å². The first-order valence-electron chi connectivity index (χ1n) is 5.71. The minimum absolute atomic E-state index is 0.181. The summed E-state index contributed by atoms with van der Waals surface area (Å²) in [5.74, 6) is 0.739. The van der Waals surface area contributed by atoms with Crippen LogP contribution in [0, 0.1) is 0 Å². The highest BCUT2D eigenvalue weighted by Gasteiger charge is 2.22. The van der Waals surface area contributed by atoms with Gasteiger partial charge in [-0.05, 0) is 28.1 Å². The van der Waals surface area contributed by atoms with E-state index in [1.807, 2.05) is 24.3 Å². The number of para-hydroxylation sites is 1. The van der Waals surface area contributed by atoms with E-state index in [1.54, 1.807) is 0 Å². The highest BCUT2D eigenvalue weighted by atomic mass is 79.9. The minimum atomic E-state index is -1.07. The van der Waals surface area contributed by atoms with Gasteiger partial charge < -0.3 is 20.0 Å². The van der Waals surface area contributed by atoms with Crippen LogP contribution in [0.25, 0.3) is 0 Å². The van der Waals surface area contributed by atoms with Gasteiger partial charge in [0, 0.05) is 6.42 Å². The van der Waals surface area contributed by atoms with Crippen LogP contribution in [0.3, 0.4) is 0 Å². The van der Waals surface area contributed by atoms with Crippen LogP contribution < -0.4 is 10.1 Å². The van der Waals surface area contributed by atoms with Gasteiger partial charge in [-0.3, -0.25) is 0 Å². The van der Waals surface area contributed by atoms with Crippen LogP contribution >= 0.6 is 15.9 Å². The maximum Gasteiger partial charge on any atom is 0.404 e. The number of hydrogen-bond acceptors (Lipinski definition) is 4. The molecule has 2 rings (SSSR count). The standard InChI is InChI=1S/C12H13BrN2O4/c13-10-3-1-2-4-11(10)18-7-9-5-8(15-19-9)6-14-12(16)17/h1-4,9,14H,5-7H2,(H,16,17). The number of oxime groups is 1. The zero-order chi connectivity index (χ0) is 13.7. The first kappa shape index (κ1) is 13.7. The summed E-state index contributed by atoms with van der Waals surface area (Å²) in [7, 11) is 0. The molecular formula is C12H13BrN2O4. The van der Waals surface area contributed by atoms with E-state index < -0.39 is 6.09 Å². The third kappa shape index (κ3) is 4.13. The minimum Gasteiger partial charge on any atom is -0.488 e. The second kappa shape index (κ2) is 6.42. The first-order valence-corrected chi connectivity index (χ1v) is 6.50. The molecule has 1 aliphatic rings. The largest absolute Gasteiger partial charge is 0.488 e. The molecule has 19 heavy (non-hydrogen) atoms. The van der Waals surface area contributed by atoms with Crippen LogP contribution in [0.15, 0.2) is 33.9 Å². The zero-order valence-electron chi connectivity index (χ0n) is 10.0. The number of nitrogens with zero attached hydrogens (tertiary/aromatic N) is 1. The molecule has 0 aliphatic carbocycles. The molecule has 0 saturated carbocycles. The van der Waals surface area contributed by atoms with Crippen molar-refractivity contribution in [3.63, 3.8) is 0 Å². The Balaban J connectivity index is 1.75. The Morgan fingerprint density at radius 3 is 3.11 bits per heavy atom. The number of benzene rings is 1. The van der Waals surface area contributed by atoms with Crippen molar-refractivity contribution in [2.24, 2.45) is 5.16 Å². The van der Waals surface area contributed by atoms with E-state index in [9.17, 15) is 4.79 Å². The molecule has 1 amide bonds. The molecule has 1 aromatic carbocycles. The van der Waals surface area contributed by atoms with Gasteiger partial charge in [0.1, 0.15) is 12.4 Å². The SMILES string of the molecule is O=C(O)NCC1=NOC(COc2ccccc2Br)C1. The Kier molecular flexibility index (Phi) is 4.62. The van der Waals surface area contributed by atoms with Gasteiger partial charge in [-0.15, -0.1) is 0 Å². The van der Waals surface area contributed by atoms with E-state index >= 15 is 0 Å². The Bertz CT molecular complexity index is 492. The molecule has 0 bridgehead atoms. The summed E-state index contributed by atoms with van der Waals surface area (Å²) in [5, 5.41) is 14.6. The Morgan fingerprint density at radius 2 is 2.37 bits per heavy atom. The normalized spacial score (nSPS) is 17.5. The van der Waals surface area contributed by atoms with Crippen LogP contribution in [-0.2, 0) is 4.84 Å². The van der Waals surface area contributed by atoms with Crippen molar-refractivity contribution < 1.29 is 19.5 Å². The molecule has 1 heterocycles. The summed E-state index contributed by atoms with van der Waals surface area (Å²) in [6.07, 6.45) is -0.696.